The van der Waals surface area contributed by atoms with E-state index in [2.05, 4.69) is 19.9 Å². The molecule has 1 N–H and O–H groups in total. The summed E-state index contributed by atoms with van der Waals surface area (Å²) >= 11 is 0. The Labute approximate surface area is 134 Å². The summed E-state index contributed by atoms with van der Waals surface area (Å²) in [5.41, 5.74) is 2.32. The van der Waals surface area contributed by atoms with Crippen LogP contribution in [0.5, 0.6) is 0 Å². The molecule has 1 fully saturated rings. The molecule has 7 heteroatoms. The standard InChI is InChI=1S/C16H19N5O2/c1-10-11(2)19-14(12-9-17-6-7-18-12)20-15(10)21-8-4-3-5-13(21)16(22)23/h6-7,9,13H,3-5,8H2,1-2H3,(H,22,23). The van der Waals surface area contributed by atoms with Crippen molar-refractivity contribution in [2.45, 2.75) is 39.2 Å². The van der Waals surface area contributed by atoms with Crippen molar-refractivity contribution in [1.29, 1.82) is 0 Å². The molecule has 0 amide bonds. The Bertz CT molecular complexity index is 720. The molecule has 1 aliphatic heterocycles. The first-order valence-corrected chi connectivity index (χ1v) is 7.69. The van der Waals surface area contributed by atoms with Crippen LogP contribution in [0, 0.1) is 13.8 Å². The Balaban J connectivity index is 2.07. The van der Waals surface area contributed by atoms with Gasteiger partial charge >= 0.3 is 5.97 Å². The molecule has 0 radical (unpaired) electrons. The summed E-state index contributed by atoms with van der Waals surface area (Å²) in [6.45, 7) is 4.52. The van der Waals surface area contributed by atoms with Gasteiger partial charge in [-0.2, -0.15) is 0 Å². The van der Waals surface area contributed by atoms with Gasteiger partial charge in [0, 0.05) is 30.2 Å². The van der Waals surface area contributed by atoms with Gasteiger partial charge in [0.1, 0.15) is 17.6 Å². The number of aromatic nitrogens is 4. The Morgan fingerprint density at radius 2 is 2.09 bits per heavy atom. The van der Waals surface area contributed by atoms with E-state index in [4.69, 9.17) is 0 Å². The van der Waals surface area contributed by atoms with Crippen molar-refractivity contribution in [3.05, 3.63) is 29.8 Å². The molecule has 2 aromatic heterocycles. The minimum Gasteiger partial charge on any atom is -0.480 e. The number of carboxylic acids is 1. The first-order chi connectivity index (χ1) is 11.1. The summed E-state index contributed by atoms with van der Waals surface area (Å²) in [5, 5.41) is 9.51. The van der Waals surface area contributed by atoms with E-state index in [0.717, 1.165) is 24.1 Å². The number of hydrogen-bond acceptors (Lipinski definition) is 6. The number of hydrogen-bond donors (Lipinski definition) is 1. The fourth-order valence-corrected chi connectivity index (χ4v) is 2.86. The molecule has 120 valence electrons. The number of carbonyl (C=O) groups is 1. The van der Waals surface area contributed by atoms with Crippen molar-refractivity contribution in [3.63, 3.8) is 0 Å². The number of carboxylic acid groups (broad SMARTS) is 1. The zero-order chi connectivity index (χ0) is 16.4. The van der Waals surface area contributed by atoms with E-state index >= 15 is 0 Å². The zero-order valence-electron chi connectivity index (χ0n) is 13.2. The van der Waals surface area contributed by atoms with Crippen LogP contribution in [0.4, 0.5) is 5.82 Å². The van der Waals surface area contributed by atoms with Gasteiger partial charge in [-0.05, 0) is 33.1 Å². The number of aliphatic carboxylic acids is 1. The third-order valence-corrected chi connectivity index (χ3v) is 4.22. The van der Waals surface area contributed by atoms with E-state index in [-0.39, 0.29) is 0 Å². The van der Waals surface area contributed by atoms with Crippen LogP contribution in [0.2, 0.25) is 0 Å². The fourth-order valence-electron chi connectivity index (χ4n) is 2.86. The molecule has 1 saturated heterocycles. The van der Waals surface area contributed by atoms with Gasteiger partial charge in [-0.1, -0.05) is 0 Å². The SMILES string of the molecule is Cc1nc(-c2cnccn2)nc(N2CCCCC2C(=O)O)c1C. The monoisotopic (exact) mass is 313 g/mol. The van der Waals surface area contributed by atoms with Crippen molar-refractivity contribution in [3.8, 4) is 11.5 Å². The van der Waals surface area contributed by atoms with Crippen molar-refractivity contribution < 1.29 is 9.90 Å². The average molecular weight is 313 g/mol. The highest BCUT2D eigenvalue weighted by Crippen LogP contribution is 2.29. The lowest BCUT2D eigenvalue weighted by Gasteiger charge is -2.35. The van der Waals surface area contributed by atoms with Crippen LogP contribution in [-0.4, -0.2) is 43.6 Å². The van der Waals surface area contributed by atoms with E-state index in [1.165, 1.54) is 0 Å². The lowest BCUT2D eigenvalue weighted by molar-refractivity contribution is -0.139. The van der Waals surface area contributed by atoms with Crippen molar-refractivity contribution in [2.24, 2.45) is 0 Å². The van der Waals surface area contributed by atoms with E-state index < -0.39 is 12.0 Å². The van der Waals surface area contributed by atoms with Gasteiger partial charge in [0.25, 0.3) is 0 Å². The lowest BCUT2D eigenvalue weighted by atomic mass is 10.0. The van der Waals surface area contributed by atoms with Gasteiger partial charge in [0.2, 0.25) is 0 Å². The van der Waals surface area contributed by atoms with E-state index in [1.807, 2.05) is 18.7 Å². The van der Waals surface area contributed by atoms with Gasteiger partial charge in [-0.3, -0.25) is 4.98 Å². The van der Waals surface area contributed by atoms with Crippen LogP contribution >= 0.6 is 0 Å². The number of piperidine rings is 1. The van der Waals surface area contributed by atoms with Crippen LogP contribution in [0.15, 0.2) is 18.6 Å². The summed E-state index contributed by atoms with van der Waals surface area (Å²) in [5.74, 6) is 0.359. The molecule has 0 spiro atoms. The first kappa shape index (κ1) is 15.3. The Morgan fingerprint density at radius 3 is 2.78 bits per heavy atom. The van der Waals surface area contributed by atoms with Gasteiger partial charge in [0.05, 0.1) is 6.20 Å². The molecule has 1 aliphatic rings. The van der Waals surface area contributed by atoms with Crippen LogP contribution < -0.4 is 4.90 Å². The molecule has 3 rings (SSSR count). The fraction of sp³-hybridized carbons (Fsp3) is 0.438. The van der Waals surface area contributed by atoms with Crippen LogP contribution in [0.3, 0.4) is 0 Å². The minimum absolute atomic E-state index is 0.478. The van der Waals surface area contributed by atoms with Crippen LogP contribution in [0.25, 0.3) is 11.5 Å². The maximum absolute atomic E-state index is 11.6. The van der Waals surface area contributed by atoms with Crippen molar-refractivity contribution in [2.75, 3.05) is 11.4 Å². The third kappa shape index (κ3) is 2.99. The largest absolute Gasteiger partial charge is 0.480 e. The molecule has 7 nitrogen and oxygen atoms in total. The molecular formula is C16H19N5O2. The highest BCUT2D eigenvalue weighted by atomic mass is 16.4. The Kier molecular flexibility index (Phi) is 4.18. The number of aryl methyl sites for hydroxylation is 1. The molecule has 2 aromatic rings. The summed E-state index contributed by atoms with van der Waals surface area (Å²) < 4.78 is 0. The average Bonchev–Trinajstić information content (AvgIpc) is 2.58. The van der Waals surface area contributed by atoms with E-state index in [9.17, 15) is 9.90 Å². The number of nitrogens with zero attached hydrogens (tertiary/aromatic N) is 5. The van der Waals surface area contributed by atoms with Crippen molar-refractivity contribution >= 4 is 11.8 Å². The molecule has 1 unspecified atom stereocenters. The Morgan fingerprint density at radius 1 is 1.26 bits per heavy atom. The van der Waals surface area contributed by atoms with Crippen LogP contribution in [-0.2, 0) is 4.79 Å². The summed E-state index contributed by atoms with van der Waals surface area (Å²) in [6.07, 6.45) is 7.32. The minimum atomic E-state index is -0.804. The molecule has 3 heterocycles. The highest BCUT2D eigenvalue weighted by Gasteiger charge is 2.31. The van der Waals surface area contributed by atoms with Gasteiger partial charge in [-0.25, -0.2) is 19.7 Å². The molecule has 1 atom stereocenters. The lowest BCUT2D eigenvalue weighted by Crippen LogP contribution is -2.45. The topological polar surface area (TPSA) is 92.1 Å². The number of rotatable bonds is 3. The Hall–Kier alpha value is -2.57. The summed E-state index contributed by atoms with van der Waals surface area (Å²) in [4.78, 5) is 30.8. The maximum atomic E-state index is 11.6. The summed E-state index contributed by atoms with van der Waals surface area (Å²) in [7, 11) is 0. The molecular weight excluding hydrogens is 294 g/mol. The molecule has 0 aliphatic carbocycles. The normalized spacial score (nSPS) is 18.0. The zero-order valence-corrected chi connectivity index (χ0v) is 13.2. The molecule has 0 aromatic carbocycles. The van der Waals surface area contributed by atoms with Crippen LogP contribution in [0.1, 0.15) is 30.5 Å². The van der Waals surface area contributed by atoms with E-state index in [1.54, 1.807) is 18.6 Å². The maximum Gasteiger partial charge on any atom is 0.326 e. The smallest absolute Gasteiger partial charge is 0.326 e. The second-order valence-electron chi connectivity index (χ2n) is 5.72. The molecule has 0 bridgehead atoms. The van der Waals surface area contributed by atoms with Gasteiger partial charge < -0.3 is 10.0 Å². The first-order valence-electron chi connectivity index (χ1n) is 7.69. The highest BCUT2D eigenvalue weighted by molar-refractivity contribution is 5.78. The second-order valence-corrected chi connectivity index (χ2v) is 5.72. The van der Waals surface area contributed by atoms with Gasteiger partial charge in [-0.15, -0.1) is 0 Å². The predicted molar refractivity (Wildman–Crippen MR) is 85.2 cm³/mol. The van der Waals surface area contributed by atoms with E-state index in [0.29, 0.717) is 30.3 Å². The van der Waals surface area contributed by atoms with Crippen molar-refractivity contribution in [1.82, 2.24) is 19.9 Å². The number of anilines is 1. The molecule has 0 saturated carbocycles. The van der Waals surface area contributed by atoms with Gasteiger partial charge in [0.15, 0.2) is 5.82 Å². The third-order valence-electron chi connectivity index (χ3n) is 4.22. The molecule has 23 heavy (non-hydrogen) atoms. The quantitative estimate of drug-likeness (QED) is 0.926. The second kappa shape index (κ2) is 6.28. The predicted octanol–water partition coefficient (Wildman–Crippen LogP) is 1.99. The summed E-state index contributed by atoms with van der Waals surface area (Å²) in [6, 6.07) is -0.536.